The van der Waals surface area contributed by atoms with Gasteiger partial charge in [-0.3, -0.25) is 4.79 Å². The second-order valence-electron chi connectivity index (χ2n) is 9.98. The number of carbonyl (C=O) groups is 1. The summed E-state index contributed by atoms with van der Waals surface area (Å²) in [5.41, 5.74) is 2.10. The van der Waals surface area contributed by atoms with E-state index in [2.05, 4.69) is 33.8 Å². The molecule has 2 nitrogen and oxygen atoms in total. The van der Waals surface area contributed by atoms with Gasteiger partial charge in [-0.25, -0.2) is 0 Å². The van der Waals surface area contributed by atoms with Crippen LogP contribution in [-0.2, 0) is 10.2 Å². The van der Waals surface area contributed by atoms with Crippen LogP contribution < -0.4 is 0 Å². The maximum absolute atomic E-state index is 12.8. The lowest BCUT2D eigenvalue weighted by atomic mass is 9.74. The molecule has 0 amide bonds. The van der Waals surface area contributed by atoms with Gasteiger partial charge in [-0.05, 0) is 42.2 Å². The molecule has 1 N–H and O–H groups in total. The summed E-state index contributed by atoms with van der Waals surface area (Å²) in [4.78, 5) is 12.8. The van der Waals surface area contributed by atoms with Gasteiger partial charge in [-0.1, -0.05) is 97.6 Å². The number of ketones is 1. The molecule has 0 aromatic heterocycles. The highest BCUT2D eigenvalue weighted by Crippen LogP contribution is 2.40. The Morgan fingerprint density at radius 2 is 1.66 bits per heavy atom. The number of benzene rings is 1. The van der Waals surface area contributed by atoms with E-state index in [1.165, 1.54) is 63.4 Å². The first-order valence-corrected chi connectivity index (χ1v) is 12.2. The Balaban J connectivity index is 1.95. The Kier molecular flexibility index (Phi) is 9.72. The van der Waals surface area contributed by atoms with Crippen molar-refractivity contribution in [3.63, 3.8) is 0 Å². The number of aromatic hydroxyl groups is 1. The molecule has 1 fully saturated rings. The fourth-order valence-corrected chi connectivity index (χ4v) is 4.92. The Bertz CT molecular complexity index is 631. The number of rotatable bonds is 12. The maximum Gasteiger partial charge on any atom is 0.140 e. The van der Waals surface area contributed by atoms with E-state index in [0.29, 0.717) is 23.9 Å². The zero-order chi connectivity index (χ0) is 21.3. The van der Waals surface area contributed by atoms with Gasteiger partial charge < -0.3 is 5.11 Å². The van der Waals surface area contributed by atoms with Gasteiger partial charge >= 0.3 is 0 Å². The number of unbranched alkanes of at least 4 members (excludes halogenated alkanes) is 6. The first kappa shape index (κ1) is 24.0. The molecule has 1 aromatic carbocycles. The fourth-order valence-electron chi connectivity index (χ4n) is 4.92. The molecule has 0 spiro atoms. The molecule has 29 heavy (non-hydrogen) atoms. The SMILES string of the molecule is CCCCCCC1CCC(c2ccc(C(C)(C)CCCCCC)cc2O)C(=O)C1. The van der Waals surface area contributed by atoms with Crippen LogP contribution >= 0.6 is 0 Å². The maximum atomic E-state index is 12.8. The third kappa shape index (κ3) is 7.15. The number of hydrogen-bond donors (Lipinski definition) is 1. The van der Waals surface area contributed by atoms with Gasteiger partial charge in [0, 0.05) is 17.9 Å². The lowest BCUT2D eigenvalue weighted by Crippen LogP contribution is -2.24. The summed E-state index contributed by atoms with van der Waals surface area (Å²) in [6.07, 6.45) is 15.2. The summed E-state index contributed by atoms with van der Waals surface area (Å²) in [5, 5.41) is 10.7. The van der Waals surface area contributed by atoms with Crippen LogP contribution in [0.3, 0.4) is 0 Å². The zero-order valence-corrected chi connectivity index (χ0v) is 19.4. The molecule has 2 unspecified atom stereocenters. The standard InChI is InChI=1S/C27H44O2/c1-5-7-9-11-13-21-14-16-23(25(28)19-21)24-17-15-22(20-26(24)29)27(3,4)18-12-10-8-6-2/h15,17,20-21,23,29H,5-14,16,18-19H2,1-4H3. The van der Waals surface area contributed by atoms with E-state index in [1.54, 1.807) is 0 Å². The van der Waals surface area contributed by atoms with Crippen LogP contribution in [0.1, 0.15) is 128 Å². The number of phenolic OH excluding ortho intramolecular Hbond substituents is 1. The normalized spacial score (nSPS) is 20.2. The summed E-state index contributed by atoms with van der Waals surface area (Å²) < 4.78 is 0. The highest BCUT2D eigenvalue weighted by Gasteiger charge is 2.31. The molecule has 2 rings (SSSR count). The summed E-state index contributed by atoms with van der Waals surface area (Å²) in [7, 11) is 0. The minimum absolute atomic E-state index is 0.0594. The number of carbonyl (C=O) groups excluding carboxylic acids is 1. The van der Waals surface area contributed by atoms with Crippen LogP contribution in [0.25, 0.3) is 0 Å². The van der Waals surface area contributed by atoms with Crippen molar-refractivity contribution in [2.75, 3.05) is 0 Å². The third-order valence-electron chi connectivity index (χ3n) is 7.05. The van der Waals surface area contributed by atoms with E-state index in [-0.39, 0.29) is 11.3 Å². The van der Waals surface area contributed by atoms with E-state index in [0.717, 1.165) is 24.8 Å². The molecule has 164 valence electrons. The molecule has 2 atom stereocenters. The molecule has 0 saturated heterocycles. The molecule has 1 aliphatic rings. The first-order valence-electron chi connectivity index (χ1n) is 12.2. The van der Waals surface area contributed by atoms with Gasteiger partial charge in [0.2, 0.25) is 0 Å². The largest absolute Gasteiger partial charge is 0.508 e. The highest BCUT2D eigenvalue weighted by molar-refractivity contribution is 5.87. The molecule has 0 aliphatic heterocycles. The van der Waals surface area contributed by atoms with E-state index in [9.17, 15) is 9.90 Å². The average Bonchev–Trinajstić information content (AvgIpc) is 2.69. The van der Waals surface area contributed by atoms with Crippen molar-refractivity contribution in [1.82, 2.24) is 0 Å². The Hall–Kier alpha value is -1.31. The lowest BCUT2D eigenvalue weighted by Gasteiger charge is -2.30. The minimum atomic E-state index is -0.108. The van der Waals surface area contributed by atoms with Gasteiger partial charge in [0.15, 0.2) is 0 Å². The van der Waals surface area contributed by atoms with E-state index in [4.69, 9.17) is 0 Å². The van der Waals surface area contributed by atoms with Crippen molar-refractivity contribution >= 4 is 5.78 Å². The monoisotopic (exact) mass is 400 g/mol. The number of Topliss-reactive ketones (excluding diaryl/α,β-unsaturated/α-hetero) is 1. The minimum Gasteiger partial charge on any atom is -0.508 e. The van der Waals surface area contributed by atoms with Crippen molar-refractivity contribution < 1.29 is 9.90 Å². The predicted octanol–water partition coefficient (Wildman–Crippen LogP) is 8.06. The molecule has 0 radical (unpaired) electrons. The average molecular weight is 401 g/mol. The van der Waals surface area contributed by atoms with Crippen molar-refractivity contribution in [2.24, 2.45) is 5.92 Å². The van der Waals surface area contributed by atoms with Crippen LogP contribution in [0.15, 0.2) is 18.2 Å². The van der Waals surface area contributed by atoms with Crippen LogP contribution in [0.5, 0.6) is 5.75 Å². The van der Waals surface area contributed by atoms with Gasteiger partial charge in [0.25, 0.3) is 0 Å². The van der Waals surface area contributed by atoms with Gasteiger partial charge in [-0.2, -0.15) is 0 Å². The van der Waals surface area contributed by atoms with Crippen molar-refractivity contribution in [2.45, 2.75) is 122 Å². The summed E-state index contributed by atoms with van der Waals surface area (Å²) in [6.45, 7) is 9.01. The molecule has 0 bridgehead atoms. The second-order valence-corrected chi connectivity index (χ2v) is 9.98. The molecule has 1 aromatic rings. The first-order chi connectivity index (χ1) is 13.9. The van der Waals surface area contributed by atoms with E-state index in [1.807, 2.05) is 12.1 Å². The summed E-state index contributed by atoms with van der Waals surface area (Å²) in [6, 6.07) is 6.11. The fraction of sp³-hybridized carbons (Fsp3) is 0.741. The Labute approximate surface area is 179 Å². The topological polar surface area (TPSA) is 37.3 Å². The summed E-state index contributed by atoms with van der Waals surface area (Å²) in [5.74, 6) is 1.10. The predicted molar refractivity (Wildman–Crippen MR) is 124 cm³/mol. The molecule has 0 heterocycles. The second kappa shape index (κ2) is 11.8. The Morgan fingerprint density at radius 1 is 0.966 bits per heavy atom. The third-order valence-corrected chi connectivity index (χ3v) is 7.05. The van der Waals surface area contributed by atoms with Crippen LogP contribution in [0, 0.1) is 5.92 Å². The number of hydrogen-bond acceptors (Lipinski definition) is 2. The molecule has 1 saturated carbocycles. The summed E-state index contributed by atoms with van der Waals surface area (Å²) >= 11 is 0. The quantitative estimate of drug-likeness (QED) is 0.360. The van der Waals surface area contributed by atoms with Gasteiger partial charge in [0.05, 0.1) is 0 Å². The van der Waals surface area contributed by atoms with Gasteiger partial charge in [-0.15, -0.1) is 0 Å². The number of phenols is 1. The van der Waals surface area contributed by atoms with Crippen molar-refractivity contribution in [1.29, 1.82) is 0 Å². The Morgan fingerprint density at radius 3 is 2.28 bits per heavy atom. The van der Waals surface area contributed by atoms with Crippen LogP contribution in [-0.4, -0.2) is 10.9 Å². The van der Waals surface area contributed by atoms with Crippen molar-refractivity contribution in [3.8, 4) is 5.75 Å². The van der Waals surface area contributed by atoms with Crippen LogP contribution in [0.4, 0.5) is 0 Å². The van der Waals surface area contributed by atoms with Gasteiger partial charge in [0.1, 0.15) is 11.5 Å². The zero-order valence-electron chi connectivity index (χ0n) is 19.4. The van der Waals surface area contributed by atoms with Crippen molar-refractivity contribution in [3.05, 3.63) is 29.3 Å². The van der Waals surface area contributed by atoms with Crippen LogP contribution in [0.2, 0.25) is 0 Å². The smallest absolute Gasteiger partial charge is 0.140 e. The molecule has 2 heteroatoms. The molecular weight excluding hydrogens is 356 g/mol. The van der Waals surface area contributed by atoms with E-state index >= 15 is 0 Å². The lowest BCUT2D eigenvalue weighted by molar-refractivity contribution is -0.123. The molecular formula is C27H44O2. The van der Waals surface area contributed by atoms with E-state index < -0.39 is 0 Å². The highest BCUT2D eigenvalue weighted by atomic mass is 16.3. The molecule has 1 aliphatic carbocycles.